The van der Waals surface area contributed by atoms with E-state index in [0.717, 1.165) is 37.4 Å². The van der Waals surface area contributed by atoms with E-state index in [0.29, 0.717) is 0 Å². The molecule has 0 bridgehead atoms. The van der Waals surface area contributed by atoms with Gasteiger partial charge in [-0.1, -0.05) is 26.0 Å². The van der Waals surface area contributed by atoms with Crippen molar-refractivity contribution in [2.75, 3.05) is 26.7 Å². The van der Waals surface area contributed by atoms with Gasteiger partial charge in [-0.05, 0) is 50.0 Å². The first-order valence-electron chi connectivity index (χ1n) is 7.81. The molecule has 0 saturated carbocycles. The number of ether oxygens (including phenoxy) is 1. The summed E-state index contributed by atoms with van der Waals surface area (Å²) in [5.74, 6) is 1.73. The van der Waals surface area contributed by atoms with Crippen molar-refractivity contribution in [3.05, 3.63) is 29.8 Å². The molecule has 1 saturated heterocycles. The van der Waals surface area contributed by atoms with Crippen molar-refractivity contribution in [1.82, 2.24) is 10.2 Å². The molecule has 0 aromatic heterocycles. The lowest BCUT2D eigenvalue weighted by Crippen LogP contribution is -2.36. The van der Waals surface area contributed by atoms with Gasteiger partial charge in [0.2, 0.25) is 0 Å². The fourth-order valence-corrected chi connectivity index (χ4v) is 3.07. The van der Waals surface area contributed by atoms with E-state index in [1.54, 1.807) is 0 Å². The van der Waals surface area contributed by atoms with Crippen molar-refractivity contribution in [1.29, 1.82) is 0 Å². The summed E-state index contributed by atoms with van der Waals surface area (Å²) in [6.45, 7) is 8.61. The molecule has 0 aliphatic carbocycles. The Balaban J connectivity index is 1.75. The smallest absolute Gasteiger partial charge is 0.119 e. The lowest BCUT2D eigenvalue weighted by molar-refractivity contribution is 0.168. The molecule has 1 heterocycles. The Morgan fingerprint density at radius 1 is 1.30 bits per heavy atom. The number of nitrogens with zero attached hydrogens (tertiary/aromatic N) is 1. The zero-order chi connectivity index (χ0) is 14.4. The molecule has 1 fully saturated rings. The van der Waals surface area contributed by atoms with Gasteiger partial charge in [-0.3, -0.25) is 4.90 Å². The Morgan fingerprint density at radius 2 is 2.05 bits per heavy atom. The normalized spacial score (nSPS) is 19.7. The average Bonchev–Trinajstić information content (AvgIpc) is 2.90. The monoisotopic (exact) mass is 276 g/mol. The van der Waals surface area contributed by atoms with Crippen LogP contribution in [0.25, 0.3) is 0 Å². The minimum Gasteiger partial charge on any atom is -0.492 e. The second-order valence-corrected chi connectivity index (χ2v) is 6.01. The molecule has 1 atom stereocenters. The number of benzene rings is 1. The molecular formula is C17H28N2O. The summed E-state index contributed by atoms with van der Waals surface area (Å²) in [5, 5.41) is 3.15. The highest BCUT2D eigenvalue weighted by Gasteiger charge is 2.26. The van der Waals surface area contributed by atoms with Gasteiger partial charge in [-0.2, -0.15) is 0 Å². The lowest BCUT2D eigenvalue weighted by atomic mass is 10.0. The van der Waals surface area contributed by atoms with Crippen LogP contribution in [0, 0.1) is 5.92 Å². The van der Waals surface area contributed by atoms with Crippen LogP contribution in [0.3, 0.4) is 0 Å². The lowest BCUT2D eigenvalue weighted by Gasteiger charge is -2.27. The van der Waals surface area contributed by atoms with Gasteiger partial charge in [0.25, 0.3) is 0 Å². The largest absolute Gasteiger partial charge is 0.492 e. The van der Waals surface area contributed by atoms with Gasteiger partial charge in [0, 0.05) is 19.1 Å². The van der Waals surface area contributed by atoms with E-state index in [-0.39, 0.29) is 0 Å². The molecule has 1 aliphatic heterocycles. The summed E-state index contributed by atoms with van der Waals surface area (Å²) in [6, 6.07) is 9.13. The fourth-order valence-electron chi connectivity index (χ4n) is 3.07. The van der Waals surface area contributed by atoms with Gasteiger partial charge >= 0.3 is 0 Å². The fraction of sp³-hybridized carbons (Fsp3) is 0.647. The van der Waals surface area contributed by atoms with Crippen LogP contribution in [0.4, 0.5) is 0 Å². The molecule has 20 heavy (non-hydrogen) atoms. The Labute approximate surface area is 123 Å². The quantitative estimate of drug-likeness (QED) is 0.829. The third-order valence-corrected chi connectivity index (χ3v) is 4.14. The molecule has 1 aromatic rings. The first-order chi connectivity index (χ1) is 9.70. The predicted molar refractivity (Wildman–Crippen MR) is 84.1 cm³/mol. The number of hydrogen-bond acceptors (Lipinski definition) is 3. The van der Waals surface area contributed by atoms with E-state index in [9.17, 15) is 0 Å². The van der Waals surface area contributed by atoms with Crippen LogP contribution in [-0.2, 0) is 6.54 Å². The van der Waals surface area contributed by atoms with Gasteiger partial charge in [0.15, 0.2) is 0 Å². The third kappa shape index (κ3) is 4.22. The second-order valence-electron chi connectivity index (χ2n) is 6.01. The zero-order valence-electron chi connectivity index (χ0n) is 13.1. The molecule has 1 aromatic carbocycles. The Morgan fingerprint density at radius 3 is 2.70 bits per heavy atom. The summed E-state index contributed by atoms with van der Waals surface area (Å²) < 4.78 is 5.87. The van der Waals surface area contributed by atoms with Gasteiger partial charge in [-0.25, -0.2) is 0 Å². The minimum atomic E-state index is 0.747. The minimum absolute atomic E-state index is 0.747. The molecule has 3 nitrogen and oxygen atoms in total. The van der Waals surface area contributed by atoms with E-state index in [1.807, 2.05) is 7.05 Å². The van der Waals surface area contributed by atoms with E-state index < -0.39 is 0 Å². The predicted octanol–water partition coefficient (Wildman–Crippen LogP) is 2.91. The molecule has 1 aliphatic rings. The van der Waals surface area contributed by atoms with Crippen molar-refractivity contribution >= 4 is 0 Å². The van der Waals surface area contributed by atoms with Crippen molar-refractivity contribution in [3.63, 3.8) is 0 Å². The van der Waals surface area contributed by atoms with E-state index in [1.165, 1.54) is 24.9 Å². The van der Waals surface area contributed by atoms with Crippen molar-refractivity contribution in [3.8, 4) is 5.75 Å². The summed E-state index contributed by atoms with van der Waals surface area (Å²) in [4.78, 5) is 2.58. The molecule has 0 radical (unpaired) electrons. The second kappa shape index (κ2) is 7.65. The number of nitrogens with one attached hydrogen (secondary N) is 1. The zero-order valence-corrected chi connectivity index (χ0v) is 13.1. The summed E-state index contributed by atoms with van der Waals surface area (Å²) >= 11 is 0. The van der Waals surface area contributed by atoms with Crippen molar-refractivity contribution in [2.24, 2.45) is 5.92 Å². The Hall–Kier alpha value is -1.06. The van der Waals surface area contributed by atoms with Crippen LogP contribution < -0.4 is 10.1 Å². The van der Waals surface area contributed by atoms with Crippen LogP contribution in [0.1, 0.15) is 32.3 Å². The highest BCUT2D eigenvalue weighted by Crippen LogP contribution is 2.23. The first-order valence-corrected chi connectivity index (χ1v) is 7.81. The summed E-state index contributed by atoms with van der Waals surface area (Å²) in [5.41, 5.74) is 1.29. The van der Waals surface area contributed by atoms with Crippen LogP contribution in [0.15, 0.2) is 24.3 Å². The maximum Gasteiger partial charge on any atom is 0.119 e. The van der Waals surface area contributed by atoms with Crippen molar-refractivity contribution in [2.45, 2.75) is 39.3 Å². The maximum absolute atomic E-state index is 5.87. The SMILES string of the molecule is CNCc1ccc(OCCN2CCCC2C(C)C)cc1. The Kier molecular flexibility index (Phi) is 5.86. The van der Waals surface area contributed by atoms with Gasteiger partial charge in [0.1, 0.15) is 12.4 Å². The Bertz CT molecular complexity index is 388. The first kappa shape index (κ1) is 15.3. The third-order valence-electron chi connectivity index (χ3n) is 4.14. The highest BCUT2D eigenvalue weighted by molar-refractivity contribution is 5.27. The standard InChI is InChI=1S/C17H28N2O/c1-14(2)17-5-4-10-19(17)11-12-20-16-8-6-15(7-9-16)13-18-3/h6-9,14,17-18H,4-5,10-13H2,1-3H3. The highest BCUT2D eigenvalue weighted by atomic mass is 16.5. The van der Waals surface area contributed by atoms with Gasteiger partial charge < -0.3 is 10.1 Å². The van der Waals surface area contributed by atoms with E-state index in [4.69, 9.17) is 4.74 Å². The van der Waals surface area contributed by atoms with E-state index >= 15 is 0 Å². The van der Waals surface area contributed by atoms with Gasteiger partial charge in [0.05, 0.1) is 0 Å². The topological polar surface area (TPSA) is 24.5 Å². The molecule has 3 heteroatoms. The number of likely N-dealkylation sites (tertiary alicyclic amines) is 1. The van der Waals surface area contributed by atoms with Crippen LogP contribution in [0.5, 0.6) is 5.75 Å². The number of hydrogen-bond donors (Lipinski definition) is 1. The van der Waals surface area contributed by atoms with Crippen LogP contribution >= 0.6 is 0 Å². The molecular weight excluding hydrogens is 248 g/mol. The molecule has 1 N–H and O–H groups in total. The van der Waals surface area contributed by atoms with Gasteiger partial charge in [-0.15, -0.1) is 0 Å². The molecule has 0 amide bonds. The molecule has 0 spiro atoms. The number of rotatable bonds is 7. The summed E-state index contributed by atoms with van der Waals surface area (Å²) in [6.07, 6.45) is 2.68. The van der Waals surface area contributed by atoms with Crippen molar-refractivity contribution < 1.29 is 4.74 Å². The average molecular weight is 276 g/mol. The maximum atomic E-state index is 5.87. The molecule has 112 valence electrons. The van der Waals surface area contributed by atoms with E-state index in [2.05, 4.69) is 48.3 Å². The summed E-state index contributed by atoms with van der Waals surface area (Å²) in [7, 11) is 1.96. The molecule has 2 rings (SSSR count). The molecule has 1 unspecified atom stereocenters. The van der Waals surface area contributed by atoms with Crippen LogP contribution in [0.2, 0.25) is 0 Å². The van der Waals surface area contributed by atoms with Crippen LogP contribution in [-0.4, -0.2) is 37.7 Å².